The van der Waals surface area contributed by atoms with E-state index < -0.39 is 0 Å². The number of anilines is 4. The van der Waals surface area contributed by atoms with Crippen molar-refractivity contribution in [3.05, 3.63) is 71.2 Å². The molecule has 1 amide bonds. The molecule has 0 radical (unpaired) electrons. The molecule has 0 aliphatic carbocycles. The number of carbonyl (C=O) groups excluding carboxylic acids is 1. The van der Waals surface area contributed by atoms with Crippen molar-refractivity contribution < 1.29 is 9.90 Å². The van der Waals surface area contributed by atoms with E-state index in [9.17, 15) is 9.90 Å². The second-order valence-electron chi connectivity index (χ2n) is 8.75. The van der Waals surface area contributed by atoms with Crippen LogP contribution in [0.2, 0.25) is 0 Å². The Labute approximate surface area is 186 Å². The van der Waals surface area contributed by atoms with Crippen molar-refractivity contribution in [1.82, 2.24) is 9.97 Å². The molecule has 6 rings (SSSR count). The summed E-state index contributed by atoms with van der Waals surface area (Å²) >= 11 is 0. The average molecular weight is 428 g/mol. The van der Waals surface area contributed by atoms with Gasteiger partial charge in [-0.1, -0.05) is 24.3 Å². The molecule has 1 fully saturated rings. The maximum atomic E-state index is 12.7. The van der Waals surface area contributed by atoms with E-state index in [4.69, 9.17) is 4.98 Å². The van der Waals surface area contributed by atoms with Crippen LogP contribution in [-0.2, 0) is 12.8 Å². The van der Waals surface area contributed by atoms with Gasteiger partial charge in [-0.3, -0.25) is 4.79 Å². The zero-order valence-corrected chi connectivity index (χ0v) is 17.8. The number of benzene rings is 2. The molecular weight excluding hydrogens is 402 g/mol. The maximum absolute atomic E-state index is 12.7. The molecule has 4 heterocycles. The summed E-state index contributed by atoms with van der Waals surface area (Å²) in [7, 11) is 0. The Morgan fingerprint density at radius 3 is 2.69 bits per heavy atom. The predicted octanol–water partition coefficient (Wildman–Crippen LogP) is 3.29. The molecule has 2 N–H and O–H groups in total. The fourth-order valence-electron chi connectivity index (χ4n) is 4.96. The highest BCUT2D eigenvalue weighted by Crippen LogP contribution is 2.42. The van der Waals surface area contributed by atoms with Crippen molar-refractivity contribution in [2.45, 2.75) is 31.8 Å². The van der Waals surface area contributed by atoms with Crippen LogP contribution in [-0.4, -0.2) is 46.7 Å². The SMILES string of the molecule is O=C1Nc2cnc(Cc3ccc(N4CCC(O)CC4)cc3)nc2N2CCc3cccc1c32. The van der Waals surface area contributed by atoms with Gasteiger partial charge in [0.1, 0.15) is 11.5 Å². The van der Waals surface area contributed by atoms with Gasteiger partial charge in [-0.15, -0.1) is 0 Å². The maximum Gasteiger partial charge on any atom is 0.257 e. The molecule has 162 valence electrons. The second-order valence-corrected chi connectivity index (χ2v) is 8.75. The van der Waals surface area contributed by atoms with E-state index in [1.165, 1.54) is 11.3 Å². The first-order valence-electron chi connectivity index (χ1n) is 11.2. The van der Waals surface area contributed by atoms with E-state index >= 15 is 0 Å². The number of nitrogens with one attached hydrogen (secondary N) is 1. The molecule has 7 nitrogen and oxygen atoms in total. The predicted molar refractivity (Wildman–Crippen MR) is 124 cm³/mol. The molecular formula is C25H25N5O2. The van der Waals surface area contributed by atoms with Crippen LogP contribution < -0.4 is 15.1 Å². The minimum absolute atomic E-state index is 0.107. The summed E-state index contributed by atoms with van der Waals surface area (Å²) in [4.78, 5) is 26.6. The summed E-state index contributed by atoms with van der Waals surface area (Å²) in [5, 5.41) is 12.7. The Morgan fingerprint density at radius 2 is 1.88 bits per heavy atom. The van der Waals surface area contributed by atoms with Crippen molar-refractivity contribution in [1.29, 1.82) is 0 Å². The van der Waals surface area contributed by atoms with E-state index in [0.717, 1.165) is 61.8 Å². The number of aliphatic hydroxyl groups is 1. The standard InChI is InChI=1S/C25H25N5O2/c31-19-9-11-29(12-10-19)18-6-4-16(5-7-18)14-22-26-15-21-24(28-22)30-13-8-17-2-1-3-20(23(17)30)25(32)27-21/h1-7,15,19,31H,8-14H2,(H,27,32). The van der Waals surface area contributed by atoms with Gasteiger partial charge < -0.3 is 20.2 Å². The summed E-state index contributed by atoms with van der Waals surface area (Å²) in [6, 6.07) is 14.4. The van der Waals surface area contributed by atoms with Crippen molar-refractivity contribution in [2.75, 3.05) is 34.8 Å². The third-order valence-corrected chi connectivity index (χ3v) is 6.69. The Kier molecular flexibility index (Phi) is 4.57. The molecule has 1 saturated heterocycles. The van der Waals surface area contributed by atoms with Crippen molar-refractivity contribution in [2.24, 2.45) is 0 Å². The third-order valence-electron chi connectivity index (χ3n) is 6.69. The lowest BCUT2D eigenvalue weighted by Gasteiger charge is -2.31. The number of piperidine rings is 1. The molecule has 0 atom stereocenters. The molecule has 3 aromatic rings. The van der Waals surface area contributed by atoms with Gasteiger partial charge in [0.15, 0.2) is 5.82 Å². The summed E-state index contributed by atoms with van der Waals surface area (Å²) in [5.41, 5.74) is 5.85. The molecule has 1 aromatic heterocycles. The number of fused-ring (bicyclic) bond motifs is 2. The van der Waals surface area contributed by atoms with Gasteiger partial charge in [-0.05, 0) is 48.6 Å². The monoisotopic (exact) mass is 427 g/mol. The van der Waals surface area contributed by atoms with Gasteiger partial charge in [0, 0.05) is 31.7 Å². The average Bonchev–Trinajstić information content (AvgIpc) is 3.20. The Hall–Kier alpha value is -3.45. The molecule has 2 aromatic carbocycles. The van der Waals surface area contributed by atoms with Gasteiger partial charge in [0.2, 0.25) is 0 Å². The van der Waals surface area contributed by atoms with E-state index in [1.807, 2.05) is 12.1 Å². The molecule has 0 saturated carbocycles. The van der Waals surface area contributed by atoms with E-state index in [2.05, 4.69) is 50.4 Å². The van der Waals surface area contributed by atoms with E-state index in [1.54, 1.807) is 6.20 Å². The second kappa shape index (κ2) is 7.60. The Balaban J connectivity index is 1.26. The first-order chi connectivity index (χ1) is 15.7. The first-order valence-corrected chi connectivity index (χ1v) is 11.2. The largest absolute Gasteiger partial charge is 0.393 e. The topological polar surface area (TPSA) is 81.6 Å². The van der Waals surface area contributed by atoms with Crippen LogP contribution in [0.4, 0.5) is 22.9 Å². The van der Waals surface area contributed by atoms with Gasteiger partial charge in [0.05, 0.1) is 23.6 Å². The fraction of sp³-hybridized carbons (Fsp3) is 0.320. The third kappa shape index (κ3) is 3.29. The molecule has 3 aliphatic heterocycles. The highest BCUT2D eigenvalue weighted by atomic mass is 16.3. The number of aromatic nitrogens is 2. The smallest absolute Gasteiger partial charge is 0.257 e. The van der Waals surface area contributed by atoms with Crippen LogP contribution in [0.3, 0.4) is 0 Å². The number of hydrogen-bond donors (Lipinski definition) is 2. The van der Waals surface area contributed by atoms with Gasteiger partial charge in [-0.25, -0.2) is 9.97 Å². The number of carbonyl (C=O) groups is 1. The van der Waals surface area contributed by atoms with Crippen molar-refractivity contribution >= 4 is 28.8 Å². The lowest BCUT2D eigenvalue weighted by atomic mass is 10.1. The van der Waals surface area contributed by atoms with Crippen LogP contribution in [0.5, 0.6) is 0 Å². The number of hydrogen-bond acceptors (Lipinski definition) is 6. The van der Waals surface area contributed by atoms with Gasteiger partial charge in [-0.2, -0.15) is 0 Å². The number of nitrogens with zero attached hydrogens (tertiary/aromatic N) is 4. The Morgan fingerprint density at radius 1 is 1.06 bits per heavy atom. The minimum atomic E-state index is -0.167. The zero-order chi connectivity index (χ0) is 21.7. The van der Waals surface area contributed by atoms with Gasteiger partial charge in [0.25, 0.3) is 5.91 Å². The van der Waals surface area contributed by atoms with Crippen LogP contribution in [0.15, 0.2) is 48.7 Å². The molecule has 0 spiro atoms. The summed E-state index contributed by atoms with van der Waals surface area (Å²) in [6.45, 7) is 2.59. The fourth-order valence-corrected chi connectivity index (χ4v) is 4.96. The molecule has 7 heteroatoms. The lowest BCUT2D eigenvalue weighted by Crippen LogP contribution is -2.35. The number of para-hydroxylation sites is 1. The lowest BCUT2D eigenvalue weighted by molar-refractivity contribution is 0.102. The molecule has 0 bridgehead atoms. The zero-order valence-electron chi connectivity index (χ0n) is 17.8. The first kappa shape index (κ1) is 19.3. The molecule has 0 unspecified atom stereocenters. The van der Waals surface area contributed by atoms with Gasteiger partial charge >= 0.3 is 0 Å². The number of rotatable bonds is 3. The van der Waals surface area contributed by atoms with Crippen molar-refractivity contribution in [3.63, 3.8) is 0 Å². The van der Waals surface area contributed by atoms with Crippen LogP contribution in [0, 0.1) is 0 Å². The van der Waals surface area contributed by atoms with E-state index in [-0.39, 0.29) is 12.0 Å². The highest BCUT2D eigenvalue weighted by molar-refractivity contribution is 6.12. The molecule has 32 heavy (non-hydrogen) atoms. The van der Waals surface area contributed by atoms with Crippen LogP contribution in [0.1, 0.15) is 40.2 Å². The van der Waals surface area contributed by atoms with Crippen LogP contribution >= 0.6 is 0 Å². The van der Waals surface area contributed by atoms with Crippen LogP contribution in [0.25, 0.3) is 0 Å². The normalized spacial score (nSPS) is 17.6. The number of amides is 1. The van der Waals surface area contributed by atoms with Crippen molar-refractivity contribution in [3.8, 4) is 0 Å². The highest BCUT2D eigenvalue weighted by Gasteiger charge is 2.32. The summed E-state index contributed by atoms with van der Waals surface area (Å²) in [5.74, 6) is 1.40. The Bertz CT molecular complexity index is 1190. The minimum Gasteiger partial charge on any atom is -0.393 e. The number of aliphatic hydroxyl groups excluding tert-OH is 1. The summed E-state index contributed by atoms with van der Waals surface area (Å²) in [6.07, 6.45) is 4.74. The molecule has 3 aliphatic rings. The quantitative estimate of drug-likeness (QED) is 0.668. The summed E-state index contributed by atoms with van der Waals surface area (Å²) < 4.78 is 0. The van der Waals surface area contributed by atoms with E-state index in [0.29, 0.717) is 17.7 Å².